The molecule has 0 aliphatic heterocycles. The summed E-state index contributed by atoms with van der Waals surface area (Å²) in [5.74, 6) is 0.482. The monoisotopic (exact) mass is 198 g/mol. The van der Waals surface area contributed by atoms with Gasteiger partial charge in [0.2, 0.25) is 0 Å². The van der Waals surface area contributed by atoms with E-state index in [0.29, 0.717) is 6.61 Å². The van der Waals surface area contributed by atoms with Gasteiger partial charge in [-0.2, -0.15) is 0 Å². The zero-order valence-corrected chi connectivity index (χ0v) is 9.42. The number of carbonyl (C=O) groups excluding carboxylic acids is 1. The number of rotatable bonds is 8. The molecule has 0 saturated heterocycles. The topological polar surface area (TPSA) is 26.3 Å². The van der Waals surface area contributed by atoms with Crippen LogP contribution in [0.2, 0.25) is 0 Å². The van der Waals surface area contributed by atoms with Crippen molar-refractivity contribution in [2.75, 3.05) is 6.61 Å². The Bertz CT molecular complexity index is 164. The quantitative estimate of drug-likeness (QED) is 0.340. The van der Waals surface area contributed by atoms with Gasteiger partial charge in [-0.1, -0.05) is 39.7 Å². The standard InChI is InChI=1S/C12H22O2/c1-4-8-11(5-2)9-7-10-14-12(13)6-3/h6,11H,3-5,7-10H2,1-2H3. The third kappa shape index (κ3) is 6.70. The van der Waals surface area contributed by atoms with Crippen LogP contribution in [0.25, 0.3) is 0 Å². The van der Waals surface area contributed by atoms with E-state index in [1.807, 2.05) is 0 Å². The highest BCUT2D eigenvalue weighted by Gasteiger charge is 2.04. The van der Waals surface area contributed by atoms with Crippen molar-refractivity contribution in [1.82, 2.24) is 0 Å². The average Bonchev–Trinajstić information content (AvgIpc) is 2.22. The van der Waals surface area contributed by atoms with Crippen molar-refractivity contribution >= 4 is 5.97 Å². The van der Waals surface area contributed by atoms with Gasteiger partial charge in [-0.15, -0.1) is 0 Å². The van der Waals surface area contributed by atoms with Crippen LogP contribution in [-0.2, 0) is 9.53 Å². The summed E-state index contributed by atoms with van der Waals surface area (Å²) in [6.45, 7) is 8.31. The van der Waals surface area contributed by atoms with E-state index in [4.69, 9.17) is 4.74 Å². The molecule has 0 radical (unpaired) electrons. The Hall–Kier alpha value is -0.790. The fraction of sp³-hybridized carbons (Fsp3) is 0.750. The first-order valence-corrected chi connectivity index (χ1v) is 5.53. The van der Waals surface area contributed by atoms with Crippen molar-refractivity contribution in [3.05, 3.63) is 12.7 Å². The second-order valence-electron chi connectivity index (χ2n) is 3.58. The molecule has 0 aliphatic rings. The van der Waals surface area contributed by atoms with E-state index in [1.54, 1.807) is 0 Å². The molecule has 2 nitrogen and oxygen atoms in total. The Labute approximate surface area is 87.3 Å². The van der Waals surface area contributed by atoms with Crippen molar-refractivity contribution in [2.45, 2.75) is 46.0 Å². The van der Waals surface area contributed by atoms with Gasteiger partial charge in [-0.25, -0.2) is 4.79 Å². The molecule has 1 atom stereocenters. The molecule has 0 aromatic heterocycles. The van der Waals surface area contributed by atoms with Crippen LogP contribution in [0.3, 0.4) is 0 Å². The fourth-order valence-corrected chi connectivity index (χ4v) is 1.56. The van der Waals surface area contributed by atoms with Crippen molar-refractivity contribution in [2.24, 2.45) is 5.92 Å². The summed E-state index contributed by atoms with van der Waals surface area (Å²) in [6, 6.07) is 0. The molecule has 0 aromatic rings. The largest absolute Gasteiger partial charge is 0.463 e. The van der Waals surface area contributed by atoms with E-state index in [2.05, 4.69) is 20.4 Å². The molecular weight excluding hydrogens is 176 g/mol. The zero-order chi connectivity index (χ0) is 10.8. The second kappa shape index (κ2) is 8.79. The number of carbonyl (C=O) groups is 1. The van der Waals surface area contributed by atoms with Gasteiger partial charge >= 0.3 is 5.97 Å². The predicted octanol–water partition coefficient (Wildman–Crippen LogP) is 3.32. The van der Waals surface area contributed by atoms with Crippen LogP contribution in [-0.4, -0.2) is 12.6 Å². The Morgan fingerprint density at radius 2 is 2.14 bits per heavy atom. The Kier molecular flexibility index (Phi) is 8.30. The summed E-state index contributed by atoms with van der Waals surface area (Å²) in [7, 11) is 0. The minimum atomic E-state index is -0.312. The van der Waals surface area contributed by atoms with Gasteiger partial charge in [0.25, 0.3) is 0 Å². The fourth-order valence-electron chi connectivity index (χ4n) is 1.56. The smallest absolute Gasteiger partial charge is 0.330 e. The van der Waals surface area contributed by atoms with Crippen molar-refractivity contribution in [3.8, 4) is 0 Å². The molecule has 0 amide bonds. The van der Waals surface area contributed by atoms with E-state index in [0.717, 1.165) is 18.8 Å². The van der Waals surface area contributed by atoms with Crippen LogP contribution in [0, 0.1) is 5.92 Å². The molecule has 0 spiro atoms. The Morgan fingerprint density at radius 1 is 1.43 bits per heavy atom. The lowest BCUT2D eigenvalue weighted by molar-refractivity contribution is -0.137. The van der Waals surface area contributed by atoms with Gasteiger partial charge in [0.15, 0.2) is 0 Å². The number of hydrogen-bond donors (Lipinski definition) is 0. The van der Waals surface area contributed by atoms with Crippen LogP contribution in [0.15, 0.2) is 12.7 Å². The molecule has 14 heavy (non-hydrogen) atoms. The van der Waals surface area contributed by atoms with Crippen LogP contribution >= 0.6 is 0 Å². The Morgan fingerprint density at radius 3 is 2.64 bits per heavy atom. The molecule has 0 N–H and O–H groups in total. The van der Waals surface area contributed by atoms with Gasteiger partial charge in [0.1, 0.15) is 0 Å². The van der Waals surface area contributed by atoms with Crippen molar-refractivity contribution in [1.29, 1.82) is 0 Å². The van der Waals surface area contributed by atoms with Crippen molar-refractivity contribution in [3.63, 3.8) is 0 Å². The predicted molar refractivity (Wildman–Crippen MR) is 59.1 cm³/mol. The minimum absolute atomic E-state index is 0.312. The highest BCUT2D eigenvalue weighted by atomic mass is 16.5. The van der Waals surface area contributed by atoms with Gasteiger partial charge in [-0.05, 0) is 18.8 Å². The van der Waals surface area contributed by atoms with E-state index in [-0.39, 0.29) is 5.97 Å². The maximum atomic E-state index is 10.7. The first-order valence-electron chi connectivity index (χ1n) is 5.53. The lowest BCUT2D eigenvalue weighted by Gasteiger charge is -2.12. The molecule has 0 heterocycles. The third-order valence-electron chi connectivity index (χ3n) is 2.44. The van der Waals surface area contributed by atoms with E-state index in [1.165, 1.54) is 25.3 Å². The summed E-state index contributed by atoms with van der Waals surface area (Å²) in [5.41, 5.74) is 0. The number of esters is 1. The summed E-state index contributed by atoms with van der Waals surface area (Å²) in [4.78, 5) is 10.7. The van der Waals surface area contributed by atoms with Crippen LogP contribution in [0.5, 0.6) is 0 Å². The van der Waals surface area contributed by atoms with Gasteiger partial charge in [0.05, 0.1) is 6.61 Å². The Balaban J connectivity index is 3.41. The maximum Gasteiger partial charge on any atom is 0.330 e. The van der Waals surface area contributed by atoms with Gasteiger partial charge in [0, 0.05) is 6.08 Å². The van der Waals surface area contributed by atoms with E-state index in [9.17, 15) is 4.79 Å². The van der Waals surface area contributed by atoms with E-state index < -0.39 is 0 Å². The van der Waals surface area contributed by atoms with Crippen LogP contribution in [0.4, 0.5) is 0 Å². The highest BCUT2D eigenvalue weighted by molar-refractivity contribution is 5.81. The third-order valence-corrected chi connectivity index (χ3v) is 2.44. The molecule has 0 bridgehead atoms. The first kappa shape index (κ1) is 13.2. The molecule has 1 unspecified atom stereocenters. The minimum Gasteiger partial charge on any atom is -0.463 e. The molecule has 0 saturated carbocycles. The number of ether oxygens (including phenoxy) is 1. The molecule has 2 heteroatoms. The molecule has 82 valence electrons. The molecular formula is C12H22O2. The summed E-state index contributed by atoms with van der Waals surface area (Å²) in [6.07, 6.45) is 7.09. The summed E-state index contributed by atoms with van der Waals surface area (Å²) in [5, 5.41) is 0. The first-order chi connectivity index (χ1) is 6.74. The summed E-state index contributed by atoms with van der Waals surface area (Å²) >= 11 is 0. The zero-order valence-electron chi connectivity index (χ0n) is 9.42. The highest BCUT2D eigenvalue weighted by Crippen LogP contribution is 2.16. The molecule has 0 rings (SSSR count). The lowest BCUT2D eigenvalue weighted by Crippen LogP contribution is -2.05. The van der Waals surface area contributed by atoms with Gasteiger partial charge < -0.3 is 4.74 Å². The lowest BCUT2D eigenvalue weighted by atomic mass is 9.96. The van der Waals surface area contributed by atoms with Crippen LogP contribution < -0.4 is 0 Å². The molecule has 0 fully saturated rings. The van der Waals surface area contributed by atoms with Crippen LogP contribution in [0.1, 0.15) is 46.0 Å². The normalized spacial score (nSPS) is 12.1. The molecule has 0 aliphatic carbocycles. The number of hydrogen-bond acceptors (Lipinski definition) is 2. The maximum absolute atomic E-state index is 10.7. The van der Waals surface area contributed by atoms with E-state index >= 15 is 0 Å². The van der Waals surface area contributed by atoms with Gasteiger partial charge in [-0.3, -0.25) is 0 Å². The van der Waals surface area contributed by atoms with Crippen molar-refractivity contribution < 1.29 is 9.53 Å². The SMILES string of the molecule is C=CC(=O)OCCCC(CC)CCC. The molecule has 0 aromatic carbocycles. The second-order valence-corrected chi connectivity index (χ2v) is 3.58. The summed E-state index contributed by atoms with van der Waals surface area (Å²) < 4.78 is 4.91. The average molecular weight is 198 g/mol.